The lowest BCUT2D eigenvalue weighted by molar-refractivity contribution is -0.186. The van der Waals surface area contributed by atoms with Crippen LogP contribution in [0.4, 0.5) is 28.0 Å². The minimum atomic E-state index is -4.76. The van der Waals surface area contributed by atoms with Crippen molar-refractivity contribution in [2.75, 3.05) is 5.32 Å². The number of nitrogens with one attached hydrogen (secondary N) is 2. The highest BCUT2D eigenvalue weighted by Gasteiger charge is 2.55. The number of imide groups is 1. The van der Waals surface area contributed by atoms with E-state index in [0.717, 1.165) is 31.9 Å². The second-order valence-corrected chi connectivity index (χ2v) is 10.7. The predicted octanol–water partition coefficient (Wildman–Crippen LogP) is 3.43. The molecule has 2 aliphatic carbocycles. The van der Waals surface area contributed by atoms with Crippen LogP contribution in [-0.4, -0.2) is 47.0 Å². The van der Waals surface area contributed by atoms with E-state index >= 15 is 0 Å². The lowest BCUT2D eigenvalue weighted by Crippen LogP contribution is -2.47. The Morgan fingerprint density at radius 3 is 2.44 bits per heavy atom. The average Bonchev–Trinajstić information content (AvgIpc) is 3.63. The Morgan fingerprint density at radius 2 is 1.85 bits per heavy atom. The lowest BCUT2D eigenvalue weighted by Gasteiger charge is -2.31. The van der Waals surface area contributed by atoms with Crippen molar-refractivity contribution in [2.24, 2.45) is 11.7 Å². The molecule has 9 nitrogen and oxygen atoms in total. The second kappa shape index (κ2) is 10.4. The molecule has 2 aromatic carbocycles. The van der Waals surface area contributed by atoms with Crippen molar-refractivity contribution in [1.82, 2.24) is 10.2 Å². The van der Waals surface area contributed by atoms with Crippen molar-refractivity contribution in [2.45, 2.75) is 69.4 Å². The van der Waals surface area contributed by atoms with Gasteiger partial charge in [-0.15, -0.1) is 0 Å². The Kier molecular flexibility index (Phi) is 7.26. The number of fused-ring (bicyclic) bond motifs is 2. The number of hydrogen-bond acceptors (Lipinski definition) is 6. The molecule has 13 heteroatoms. The quantitative estimate of drug-likeness (QED) is 0.413. The monoisotopic (exact) mass is 576 g/mol. The maximum absolute atomic E-state index is 13.9. The Balaban J connectivity index is 1.52. The molecule has 41 heavy (non-hydrogen) atoms. The molecule has 1 heterocycles. The van der Waals surface area contributed by atoms with Crippen LogP contribution in [0.2, 0.25) is 0 Å². The van der Waals surface area contributed by atoms with Crippen LogP contribution in [0.25, 0.3) is 0 Å². The summed E-state index contributed by atoms with van der Waals surface area (Å²) >= 11 is 0. The molecule has 0 bridgehead atoms. The number of amides is 4. The zero-order valence-corrected chi connectivity index (χ0v) is 22.0. The number of ether oxygens (including phenoxy) is 1. The van der Waals surface area contributed by atoms with Gasteiger partial charge in [0.25, 0.3) is 5.91 Å². The number of halogens is 4. The van der Waals surface area contributed by atoms with Crippen LogP contribution in [0.15, 0.2) is 36.4 Å². The largest absolute Gasteiger partial charge is 0.427 e. The van der Waals surface area contributed by atoms with Gasteiger partial charge in [-0.05, 0) is 67.0 Å². The third-order valence-electron chi connectivity index (χ3n) is 7.99. The fourth-order valence-corrected chi connectivity index (χ4v) is 5.42. The number of nitrogens with two attached hydrogens (primary N) is 1. The minimum absolute atomic E-state index is 0.0122. The van der Waals surface area contributed by atoms with E-state index in [1.807, 2.05) is 0 Å². The van der Waals surface area contributed by atoms with E-state index in [4.69, 9.17) is 10.5 Å². The number of alkyl halides is 3. The first-order valence-corrected chi connectivity index (χ1v) is 13.2. The molecule has 218 valence electrons. The van der Waals surface area contributed by atoms with E-state index in [1.165, 1.54) is 24.3 Å². The van der Waals surface area contributed by atoms with Gasteiger partial charge < -0.3 is 20.7 Å². The van der Waals surface area contributed by atoms with Crippen molar-refractivity contribution in [3.05, 3.63) is 64.5 Å². The van der Waals surface area contributed by atoms with Gasteiger partial charge in [-0.25, -0.2) is 9.18 Å². The summed E-state index contributed by atoms with van der Waals surface area (Å²) < 4.78 is 60.4. The molecule has 0 aromatic heterocycles. The molecule has 0 radical (unpaired) electrons. The molecule has 2 fully saturated rings. The normalized spacial score (nSPS) is 21.2. The highest BCUT2D eigenvalue weighted by Crippen LogP contribution is 2.46. The molecule has 1 unspecified atom stereocenters. The van der Waals surface area contributed by atoms with Gasteiger partial charge in [0, 0.05) is 24.2 Å². The molecule has 1 aliphatic heterocycles. The van der Waals surface area contributed by atoms with E-state index in [9.17, 15) is 36.7 Å². The van der Waals surface area contributed by atoms with Gasteiger partial charge in [-0.3, -0.25) is 19.7 Å². The van der Waals surface area contributed by atoms with Gasteiger partial charge in [-0.2, -0.15) is 13.2 Å². The number of rotatable bonds is 8. The van der Waals surface area contributed by atoms with Crippen molar-refractivity contribution < 1.29 is 41.5 Å². The summed E-state index contributed by atoms with van der Waals surface area (Å²) in [6.07, 6.45) is -4.46. The smallest absolute Gasteiger partial charge is 0.415 e. The van der Waals surface area contributed by atoms with Crippen LogP contribution in [0, 0.1) is 11.7 Å². The van der Waals surface area contributed by atoms with Gasteiger partial charge in [0.05, 0.1) is 12.5 Å². The van der Waals surface area contributed by atoms with Crippen molar-refractivity contribution in [3.8, 4) is 0 Å². The fourth-order valence-electron chi connectivity index (χ4n) is 5.42. The zero-order chi connectivity index (χ0) is 29.7. The number of benzene rings is 2. The van der Waals surface area contributed by atoms with Crippen molar-refractivity contribution >= 4 is 29.5 Å². The molecular weight excluding hydrogens is 548 g/mol. The fraction of sp³-hybridized carbons (Fsp3) is 0.429. The van der Waals surface area contributed by atoms with Gasteiger partial charge >= 0.3 is 12.3 Å². The van der Waals surface area contributed by atoms with Crippen LogP contribution in [0.3, 0.4) is 0 Å². The lowest BCUT2D eigenvalue weighted by atomic mass is 9.91. The maximum Gasteiger partial charge on any atom is 0.415 e. The summed E-state index contributed by atoms with van der Waals surface area (Å²) in [4.78, 5) is 51.7. The van der Waals surface area contributed by atoms with Crippen LogP contribution >= 0.6 is 0 Å². The number of carbonyl (C=O) groups is 4. The topological polar surface area (TPSA) is 131 Å². The first kappa shape index (κ1) is 28.5. The van der Waals surface area contributed by atoms with Crippen molar-refractivity contribution in [3.63, 3.8) is 0 Å². The summed E-state index contributed by atoms with van der Waals surface area (Å²) in [5.74, 6) is -2.67. The third kappa shape index (κ3) is 5.50. The standard InChI is InChI=1S/C28H28F4N4O5/c1-14(28(30,31)32)36(13-15-2-6-17(29)7-3-15)22(37)12-19-18-10-11-27(25(39)35-26(40)41-27)20(18)8-9-21(19)34-24(38)23(33)16-4-5-16/h2-3,6-9,14,16,23H,4-5,10-13,33H2,1H3,(H,34,38)(H,35,39,40)/t14-,23+,27?/m0/s1. The molecule has 4 amide bonds. The SMILES string of the molecule is C[C@H](N(Cc1ccc(F)cc1)C(=O)Cc1c(NC(=O)[C@H](N)C2CC2)ccc2c1CCC21OC(=O)NC1=O)C(F)(F)F. The van der Waals surface area contributed by atoms with Crippen LogP contribution in [0.1, 0.15) is 48.4 Å². The highest BCUT2D eigenvalue weighted by molar-refractivity contribution is 6.04. The first-order chi connectivity index (χ1) is 19.3. The van der Waals surface area contributed by atoms with E-state index in [-0.39, 0.29) is 35.6 Å². The number of anilines is 1. The summed E-state index contributed by atoms with van der Waals surface area (Å²) in [6.45, 7) is 0.401. The van der Waals surface area contributed by atoms with E-state index < -0.39 is 66.5 Å². The zero-order valence-electron chi connectivity index (χ0n) is 22.0. The van der Waals surface area contributed by atoms with Crippen molar-refractivity contribution in [1.29, 1.82) is 0 Å². The van der Waals surface area contributed by atoms with Crippen LogP contribution in [-0.2, 0) is 44.1 Å². The molecule has 2 aromatic rings. The molecule has 1 saturated heterocycles. The van der Waals surface area contributed by atoms with Gasteiger partial charge in [0.15, 0.2) is 0 Å². The Morgan fingerprint density at radius 1 is 1.17 bits per heavy atom. The van der Waals surface area contributed by atoms with E-state index in [0.29, 0.717) is 16.0 Å². The molecule has 3 aliphatic rings. The summed E-state index contributed by atoms with van der Waals surface area (Å²) in [5, 5.41) is 4.81. The average molecular weight is 577 g/mol. The summed E-state index contributed by atoms with van der Waals surface area (Å²) in [6, 6.07) is 4.70. The number of nitrogens with zero attached hydrogens (tertiary/aromatic N) is 1. The second-order valence-electron chi connectivity index (χ2n) is 10.7. The Hall–Kier alpha value is -4.00. The Labute approximate surface area is 232 Å². The Bertz CT molecular complexity index is 1410. The van der Waals surface area contributed by atoms with E-state index in [2.05, 4.69) is 10.6 Å². The molecular formula is C28H28F4N4O5. The molecule has 3 atom stereocenters. The number of hydrogen-bond donors (Lipinski definition) is 3. The minimum Gasteiger partial charge on any atom is -0.427 e. The van der Waals surface area contributed by atoms with Gasteiger partial charge in [-0.1, -0.05) is 18.2 Å². The molecule has 4 N–H and O–H groups in total. The first-order valence-electron chi connectivity index (χ1n) is 13.2. The highest BCUT2D eigenvalue weighted by atomic mass is 19.4. The van der Waals surface area contributed by atoms with E-state index in [1.54, 1.807) is 0 Å². The van der Waals surface area contributed by atoms with Gasteiger partial charge in [0.2, 0.25) is 17.4 Å². The summed E-state index contributed by atoms with van der Waals surface area (Å²) in [7, 11) is 0. The molecule has 1 spiro atoms. The molecule has 5 rings (SSSR count). The van der Waals surface area contributed by atoms with Crippen LogP contribution in [0.5, 0.6) is 0 Å². The predicted molar refractivity (Wildman–Crippen MR) is 137 cm³/mol. The van der Waals surface area contributed by atoms with Gasteiger partial charge in [0.1, 0.15) is 11.9 Å². The summed E-state index contributed by atoms with van der Waals surface area (Å²) in [5.41, 5.74) is 5.78. The number of alkyl carbamates (subject to hydrolysis) is 1. The number of carbonyl (C=O) groups excluding carboxylic acids is 4. The third-order valence-corrected chi connectivity index (χ3v) is 7.99. The molecule has 1 saturated carbocycles. The van der Waals surface area contributed by atoms with Crippen LogP contribution < -0.4 is 16.4 Å². The maximum atomic E-state index is 13.9.